The minimum absolute atomic E-state index is 0. The molecule has 1 aliphatic rings. The Morgan fingerprint density at radius 2 is 2.33 bits per heavy atom. The van der Waals surface area contributed by atoms with Gasteiger partial charge in [0.25, 0.3) is 0 Å². The molecule has 1 aliphatic heterocycles. The standard InChI is InChI=1S/C10H20N2O2.ClH/c1-11-6-9-4-3-5-12(7-9)10(13)8-14-2;/h9,11H,3-8H2,1-2H3;1H. The van der Waals surface area contributed by atoms with E-state index in [2.05, 4.69) is 5.32 Å². The van der Waals surface area contributed by atoms with Gasteiger partial charge in [0.15, 0.2) is 0 Å². The molecule has 0 aromatic carbocycles. The quantitative estimate of drug-likeness (QED) is 0.774. The fourth-order valence-electron chi connectivity index (χ4n) is 1.96. The van der Waals surface area contributed by atoms with Crippen LogP contribution in [-0.4, -0.2) is 51.2 Å². The lowest BCUT2D eigenvalue weighted by atomic mass is 9.98. The lowest BCUT2D eigenvalue weighted by Crippen LogP contribution is -2.43. The number of methoxy groups -OCH3 is 1. The van der Waals surface area contributed by atoms with Crippen molar-refractivity contribution in [2.75, 3.05) is 40.4 Å². The van der Waals surface area contributed by atoms with Crippen LogP contribution < -0.4 is 5.32 Å². The second-order valence-corrected chi connectivity index (χ2v) is 3.84. The molecule has 1 amide bonds. The molecule has 0 bridgehead atoms. The topological polar surface area (TPSA) is 41.6 Å². The summed E-state index contributed by atoms with van der Waals surface area (Å²) in [5, 5.41) is 3.16. The Kier molecular flexibility index (Phi) is 7.74. The third-order valence-electron chi connectivity index (χ3n) is 2.63. The van der Waals surface area contributed by atoms with Crippen molar-refractivity contribution in [1.82, 2.24) is 10.2 Å². The zero-order chi connectivity index (χ0) is 10.4. The highest BCUT2D eigenvalue weighted by Crippen LogP contribution is 2.15. The van der Waals surface area contributed by atoms with Gasteiger partial charge in [-0.1, -0.05) is 0 Å². The maximum atomic E-state index is 11.5. The van der Waals surface area contributed by atoms with E-state index in [0.717, 1.165) is 26.1 Å². The summed E-state index contributed by atoms with van der Waals surface area (Å²) in [4.78, 5) is 13.4. The number of ether oxygens (including phenoxy) is 1. The molecule has 1 rings (SSSR count). The third kappa shape index (κ3) is 4.82. The van der Waals surface area contributed by atoms with E-state index in [9.17, 15) is 4.79 Å². The molecule has 1 unspecified atom stereocenters. The predicted molar refractivity (Wildman–Crippen MR) is 62.4 cm³/mol. The van der Waals surface area contributed by atoms with Gasteiger partial charge in [0.05, 0.1) is 0 Å². The first kappa shape index (κ1) is 14.7. The first-order valence-electron chi connectivity index (χ1n) is 5.19. The molecule has 1 fully saturated rings. The summed E-state index contributed by atoms with van der Waals surface area (Å²) in [6.45, 7) is 2.98. The zero-order valence-electron chi connectivity index (χ0n) is 9.49. The fourth-order valence-corrected chi connectivity index (χ4v) is 1.96. The van der Waals surface area contributed by atoms with Crippen molar-refractivity contribution in [3.8, 4) is 0 Å². The Morgan fingerprint density at radius 3 is 2.93 bits per heavy atom. The molecule has 0 aromatic heterocycles. The maximum Gasteiger partial charge on any atom is 0.248 e. The number of rotatable bonds is 4. The lowest BCUT2D eigenvalue weighted by molar-refractivity contribution is -0.136. The average molecular weight is 237 g/mol. The summed E-state index contributed by atoms with van der Waals surface area (Å²) in [7, 11) is 3.52. The first-order valence-corrected chi connectivity index (χ1v) is 5.19. The van der Waals surface area contributed by atoms with Crippen LogP contribution >= 0.6 is 12.4 Å². The van der Waals surface area contributed by atoms with Crippen LogP contribution in [-0.2, 0) is 9.53 Å². The second kappa shape index (κ2) is 7.91. The van der Waals surface area contributed by atoms with Gasteiger partial charge in [-0.05, 0) is 32.4 Å². The molecule has 0 aromatic rings. The molecular formula is C10H21ClN2O2. The number of piperidine rings is 1. The molecule has 5 heteroatoms. The average Bonchev–Trinajstić information content (AvgIpc) is 2.19. The number of carbonyl (C=O) groups excluding carboxylic acids is 1. The van der Waals surface area contributed by atoms with Crippen LogP contribution in [0, 0.1) is 5.92 Å². The van der Waals surface area contributed by atoms with Crippen molar-refractivity contribution in [3.63, 3.8) is 0 Å². The highest BCUT2D eigenvalue weighted by atomic mass is 35.5. The largest absolute Gasteiger partial charge is 0.375 e. The Labute approximate surface area is 97.8 Å². The minimum Gasteiger partial charge on any atom is -0.375 e. The van der Waals surface area contributed by atoms with Crippen LogP contribution in [0.4, 0.5) is 0 Å². The second-order valence-electron chi connectivity index (χ2n) is 3.84. The molecular weight excluding hydrogens is 216 g/mol. The van der Waals surface area contributed by atoms with E-state index in [4.69, 9.17) is 4.74 Å². The molecule has 0 aliphatic carbocycles. The third-order valence-corrected chi connectivity index (χ3v) is 2.63. The Bertz CT molecular complexity index is 188. The SMILES string of the molecule is CNCC1CCCN(C(=O)COC)C1.Cl. The van der Waals surface area contributed by atoms with E-state index in [-0.39, 0.29) is 24.9 Å². The number of amides is 1. The number of nitrogens with one attached hydrogen (secondary N) is 1. The van der Waals surface area contributed by atoms with Crippen molar-refractivity contribution >= 4 is 18.3 Å². The van der Waals surface area contributed by atoms with Gasteiger partial charge in [-0.2, -0.15) is 0 Å². The molecule has 0 radical (unpaired) electrons. The van der Waals surface area contributed by atoms with E-state index in [1.54, 1.807) is 7.11 Å². The minimum atomic E-state index is 0. The van der Waals surface area contributed by atoms with E-state index in [1.165, 1.54) is 6.42 Å². The van der Waals surface area contributed by atoms with Crippen molar-refractivity contribution in [2.24, 2.45) is 5.92 Å². The summed E-state index contributed by atoms with van der Waals surface area (Å²) in [5.41, 5.74) is 0. The van der Waals surface area contributed by atoms with Crippen molar-refractivity contribution in [2.45, 2.75) is 12.8 Å². The van der Waals surface area contributed by atoms with Crippen LogP contribution in [0.25, 0.3) is 0 Å². The van der Waals surface area contributed by atoms with Gasteiger partial charge in [-0.3, -0.25) is 4.79 Å². The summed E-state index contributed by atoms with van der Waals surface area (Å²) < 4.78 is 4.85. The molecule has 1 saturated heterocycles. The van der Waals surface area contributed by atoms with Crippen LogP contribution in [0.3, 0.4) is 0 Å². The number of likely N-dealkylation sites (tertiary alicyclic amines) is 1. The monoisotopic (exact) mass is 236 g/mol. The maximum absolute atomic E-state index is 11.5. The van der Waals surface area contributed by atoms with Crippen LogP contribution in [0.5, 0.6) is 0 Å². The van der Waals surface area contributed by atoms with E-state index < -0.39 is 0 Å². The van der Waals surface area contributed by atoms with Gasteiger partial charge < -0.3 is 15.0 Å². The molecule has 1 heterocycles. The molecule has 0 saturated carbocycles. The van der Waals surface area contributed by atoms with E-state index >= 15 is 0 Å². The van der Waals surface area contributed by atoms with E-state index in [0.29, 0.717) is 5.92 Å². The van der Waals surface area contributed by atoms with Gasteiger partial charge in [-0.25, -0.2) is 0 Å². The summed E-state index contributed by atoms with van der Waals surface area (Å²) in [6, 6.07) is 0. The fraction of sp³-hybridized carbons (Fsp3) is 0.900. The smallest absolute Gasteiger partial charge is 0.248 e. The number of carbonyl (C=O) groups is 1. The normalized spacial score (nSPS) is 20.9. The highest BCUT2D eigenvalue weighted by molar-refractivity contribution is 5.85. The van der Waals surface area contributed by atoms with Crippen molar-refractivity contribution < 1.29 is 9.53 Å². The summed E-state index contributed by atoms with van der Waals surface area (Å²) in [6.07, 6.45) is 2.33. The summed E-state index contributed by atoms with van der Waals surface area (Å²) in [5.74, 6) is 0.725. The lowest BCUT2D eigenvalue weighted by Gasteiger charge is -2.32. The van der Waals surface area contributed by atoms with E-state index in [1.807, 2.05) is 11.9 Å². The van der Waals surface area contributed by atoms with Crippen molar-refractivity contribution in [1.29, 1.82) is 0 Å². The first-order chi connectivity index (χ1) is 6.77. The molecule has 90 valence electrons. The Morgan fingerprint density at radius 1 is 1.60 bits per heavy atom. The number of halogens is 1. The van der Waals surface area contributed by atoms with Gasteiger partial charge in [0.1, 0.15) is 6.61 Å². The van der Waals surface area contributed by atoms with Crippen LogP contribution in [0.15, 0.2) is 0 Å². The number of hydrogen-bond acceptors (Lipinski definition) is 3. The highest BCUT2D eigenvalue weighted by Gasteiger charge is 2.22. The van der Waals surface area contributed by atoms with Gasteiger partial charge >= 0.3 is 0 Å². The van der Waals surface area contributed by atoms with Crippen molar-refractivity contribution in [3.05, 3.63) is 0 Å². The Balaban J connectivity index is 0.00000196. The molecule has 4 nitrogen and oxygen atoms in total. The zero-order valence-corrected chi connectivity index (χ0v) is 10.3. The number of hydrogen-bond donors (Lipinski definition) is 1. The molecule has 15 heavy (non-hydrogen) atoms. The van der Waals surface area contributed by atoms with Gasteiger partial charge in [0.2, 0.25) is 5.91 Å². The molecule has 1 atom stereocenters. The summed E-state index contributed by atoms with van der Waals surface area (Å²) >= 11 is 0. The van der Waals surface area contributed by atoms with Crippen LogP contribution in [0.1, 0.15) is 12.8 Å². The predicted octanol–water partition coefficient (Wildman–Crippen LogP) is 0.513. The Hall–Kier alpha value is -0.320. The number of nitrogens with zero attached hydrogens (tertiary/aromatic N) is 1. The van der Waals surface area contributed by atoms with Gasteiger partial charge in [-0.15, -0.1) is 12.4 Å². The molecule has 1 N–H and O–H groups in total. The molecule has 0 spiro atoms. The van der Waals surface area contributed by atoms with Crippen LogP contribution in [0.2, 0.25) is 0 Å². The van der Waals surface area contributed by atoms with Gasteiger partial charge in [0, 0.05) is 20.2 Å².